The number of aliphatic imine (C=N–C) groups is 1. The van der Waals surface area contributed by atoms with Crippen molar-refractivity contribution < 1.29 is 27.8 Å². The number of nitrogens with zero attached hydrogens (tertiary/aromatic N) is 2. The Morgan fingerprint density at radius 3 is 2.43 bits per heavy atom. The van der Waals surface area contributed by atoms with Crippen molar-refractivity contribution in [1.29, 1.82) is 0 Å². The second kappa shape index (κ2) is 10.7. The van der Waals surface area contributed by atoms with Gasteiger partial charge in [0.05, 0.1) is 10.3 Å². The van der Waals surface area contributed by atoms with E-state index in [-0.39, 0.29) is 17.5 Å². The first-order chi connectivity index (χ1) is 15.9. The third kappa shape index (κ3) is 7.13. The van der Waals surface area contributed by atoms with Gasteiger partial charge in [-0.05, 0) is 46.7 Å². The van der Waals surface area contributed by atoms with E-state index in [1.54, 1.807) is 41.5 Å². The van der Waals surface area contributed by atoms with Crippen LogP contribution in [0.15, 0.2) is 23.2 Å². The highest BCUT2D eigenvalue weighted by atomic mass is 32.2. The molecule has 0 saturated heterocycles. The summed E-state index contributed by atoms with van der Waals surface area (Å²) in [5.41, 5.74) is -2.10. The fourth-order valence-electron chi connectivity index (χ4n) is 3.63. The fraction of sp³-hybridized carbons (Fsp3) is 0.640. The van der Waals surface area contributed by atoms with Crippen molar-refractivity contribution in [3.8, 4) is 0 Å². The number of amidine groups is 1. The number of aldehydes is 1. The quantitative estimate of drug-likeness (QED) is 0.177. The highest BCUT2D eigenvalue weighted by Gasteiger charge is 2.52. The number of benzene rings is 1. The molecule has 0 spiro atoms. The molecule has 10 heteroatoms. The van der Waals surface area contributed by atoms with E-state index in [1.807, 2.05) is 0 Å². The lowest BCUT2D eigenvalue weighted by Gasteiger charge is -2.46. The van der Waals surface area contributed by atoms with Crippen LogP contribution in [0.3, 0.4) is 0 Å². The molecule has 1 heterocycles. The molecular weight excluding hydrogens is 490 g/mol. The predicted octanol–water partition coefficient (Wildman–Crippen LogP) is 6.43. The van der Waals surface area contributed by atoms with Gasteiger partial charge in [0.15, 0.2) is 16.8 Å². The number of hydrogen-bond acceptors (Lipinski definition) is 6. The number of thioether (sulfide) groups is 1. The van der Waals surface area contributed by atoms with Crippen LogP contribution in [0.1, 0.15) is 47.1 Å². The largest absolute Gasteiger partial charge is 0.443 e. The molecule has 1 aromatic rings. The van der Waals surface area contributed by atoms with E-state index in [0.29, 0.717) is 6.61 Å². The Labute approximate surface area is 212 Å². The van der Waals surface area contributed by atoms with Gasteiger partial charge in [0.25, 0.3) is 0 Å². The van der Waals surface area contributed by atoms with Crippen LogP contribution in [-0.2, 0) is 19.8 Å². The predicted molar refractivity (Wildman–Crippen MR) is 139 cm³/mol. The van der Waals surface area contributed by atoms with Crippen LogP contribution in [0.4, 0.5) is 13.6 Å². The average molecular weight is 529 g/mol. The average Bonchev–Trinajstić information content (AvgIpc) is 2.71. The van der Waals surface area contributed by atoms with Crippen molar-refractivity contribution in [1.82, 2.24) is 4.90 Å². The third-order valence-electron chi connectivity index (χ3n) is 6.13. The topological polar surface area (TPSA) is 68.2 Å². The number of hydrogen-bond donors (Lipinski definition) is 0. The van der Waals surface area contributed by atoms with Gasteiger partial charge in [-0.2, -0.15) is 0 Å². The lowest BCUT2D eigenvalue weighted by atomic mass is 9.74. The van der Waals surface area contributed by atoms with E-state index < -0.39 is 47.6 Å². The molecule has 1 amide bonds. The highest BCUT2D eigenvalue weighted by molar-refractivity contribution is 8.15. The molecule has 196 valence electrons. The molecule has 1 aliphatic rings. The van der Waals surface area contributed by atoms with Gasteiger partial charge < -0.3 is 14.3 Å². The molecule has 0 aromatic heterocycles. The van der Waals surface area contributed by atoms with E-state index in [4.69, 9.17) is 14.5 Å². The van der Waals surface area contributed by atoms with E-state index in [2.05, 4.69) is 19.6 Å². The van der Waals surface area contributed by atoms with Crippen LogP contribution in [0.5, 0.6) is 0 Å². The molecule has 35 heavy (non-hydrogen) atoms. The van der Waals surface area contributed by atoms with Crippen LogP contribution in [0.2, 0.25) is 25.7 Å². The minimum absolute atomic E-state index is 0.0136. The maximum atomic E-state index is 15.0. The van der Waals surface area contributed by atoms with Crippen LogP contribution in [-0.4, -0.2) is 54.2 Å². The Morgan fingerprint density at radius 2 is 1.89 bits per heavy atom. The van der Waals surface area contributed by atoms with Crippen molar-refractivity contribution in [2.45, 2.75) is 83.1 Å². The van der Waals surface area contributed by atoms with E-state index >= 15 is 0 Å². The molecular formula is C25H38F2N2O4SSi. The van der Waals surface area contributed by atoms with Crippen molar-refractivity contribution in [2.24, 2.45) is 10.9 Å². The molecule has 1 aliphatic heterocycles. The molecule has 1 unspecified atom stereocenters. The molecule has 6 nitrogen and oxygen atoms in total. The maximum absolute atomic E-state index is 15.0. The van der Waals surface area contributed by atoms with E-state index in [1.165, 1.54) is 17.0 Å². The Morgan fingerprint density at radius 1 is 1.26 bits per heavy atom. The van der Waals surface area contributed by atoms with Gasteiger partial charge in [-0.1, -0.05) is 50.5 Å². The van der Waals surface area contributed by atoms with Crippen molar-refractivity contribution >= 4 is 37.4 Å². The number of carbonyl (C=O) groups excluding carboxylic acids is 2. The molecule has 0 saturated carbocycles. The number of amides is 1. The van der Waals surface area contributed by atoms with Gasteiger partial charge in [-0.3, -0.25) is 4.99 Å². The Kier molecular flexibility index (Phi) is 8.99. The third-order valence-corrected chi connectivity index (χ3v) is 9.22. The first-order valence-electron chi connectivity index (χ1n) is 11.7. The molecule has 0 bridgehead atoms. The summed E-state index contributed by atoms with van der Waals surface area (Å²) in [7, 11) is -1.37. The lowest BCUT2D eigenvalue weighted by molar-refractivity contribution is -0.111. The zero-order valence-corrected chi connectivity index (χ0v) is 24.0. The molecule has 0 aliphatic carbocycles. The Bertz CT molecular complexity index is 979. The zero-order valence-electron chi connectivity index (χ0n) is 22.2. The zero-order chi connectivity index (χ0) is 26.8. The standard InChI is InChI=1S/C25H38F2N2O4SSi/c1-17-24(5,15-30)34-21(28-25(17,6)18-11-10-12-19(26)20(18)27)29(22(31)33-23(2,3)4)16-32-13-14-35(7,8)9/h10-12,15,17H,13-14,16H2,1-9H3/t17?,24-,25+/m1/s1. The monoisotopic (exact) mass is 528 g/mol. The molecule has 3 atom stereocenters. The minimum Gasteiger partial charge on any atom is -0.443 e. The smallest absolute Gasteiger partial charge is 0.418 e. The van der Waals surface area contributed by atoms with Crippen LogP contribution in [0.25, 0.3) is 0 Å². The van der Waals surface area contributed by atoms with Crippen molar-refractivity contribution in [3.63, 3.8) is 0 Å². The molecule has 2 rings (SSSR count). The summed E-state index contributed by atoms with van der Waals surface area (Å²) < 4.78 is 39.5. The maximum Gasteiger partial charge on any atom is 0.418 e. The molecule has 0 N–H and O–H groups in total. The van der Waals surface area contributed by atoms with Crippen molar-refractivity contribution in [3.05, 3.63) is 35.4 Å². The number of ether oxygens (including phenoxy) is 2. The summed E-state index contributed by atoms with van der Waals surface area (Å²) in [4.78, 5) is 31.5. The summed E-state index contributed by atoms with van der Waals surface area (Å²) in [5.74, 6) is -2.55. The summed E-state index contributed by atoms with van der Waals surface area (Å²) >= 11 is 1.09. The van der Waals surface area contributed by atoms with Gasteiger partial charge in [0.2, 0.25) is 0 Å². The number of halogens is 2. The van der Waals surface area contributed by atoms with Gasteiger partial charge >= 0.3 is 6.09 Å². The molecule has 0 radical (unpaired) electrons. The molecule has 0 fully saturated rings. The Hall–Kier alpha value is -1.78. The van der Waals surface area contributed by atoms with Gasteiger partial charge in [0.1, 0.15) is 18.6 Å². The fourth-order valence-corrected chi connectivity index (χ4v) is 5.71. The van der Waals surface area contributed by atoms with E-state index in [9.17, 15) is 18.4 Å². The molecule has 1 aromatic carbocycles. The van der Waals surface area contributed by atoms with Gasteiger partial charge in [0, 0.05) is 26.2 Å². The lowest BCUT2D eigenvalue weighted by Crippen LogP contribution is -2.52. The number of rotatable bonds is 7. The highest BCUT2D eigenvalue weighted by Crippen LogP contribution is 2.50. The Balaban J connectivity index is 2.57. The van der Waals surface area contributed by atoms with E-state index in [0.717, 1.165) is 30.2 Å². The normalized spacial score (nSPS) is 25.1. The second-order valence-corrected chi connectivity index (χ2v) is 18.6. The summed E-state index contributed by atoms with van der Waals surface area (Å²) in [6, 6.07) is 4.79. The summed E-state index contributed by atoms with van der Waals surface area (Å²) in [6.45, 7) is 17.3. The van der Waals surface area contributed by atoms with Gasteiger partial charge in [-0.15, -0.1) is 0 Å². The first-order valence-corrected chi connectivity index (χ1v) is 16.2. The first kappa shape index (κ1) is 29.4. The van der Waals surface area contributed by atoms with Crippen molar-refractivity contribution in [2.75, 3.05) is 13.3 Å². The summed E-state index contributed by atoms with van der Waals surface area (Å²) in [6.07, 6.45) is 0.0767. The van der Waals surface area contributed by atoms with Crippen LogP contribution in [0, 0.1) is 17.6 Å². The summed E-state index contributed by atoms with van der Waals surface area (Å²) in [5, 5.41) is 0.158. The SMILES string of the molecule is CC1[C@@](C)(C=O)SC(N(COCC[Si](C)(C)C)C(=O)OC(C)(C)C)=N[C@]1(C)c1cccc(F)c1F. The van der Waals surface area contributed by atoms with Crippen LogP contribution >= 0.6 is 11.8 Å². The minimum atomic E-state index is -1.37. The number of carbonyl (C=O) groups is 2. The van der Waals surface area contributed by atoms with Crippen LogP contribution < -0.4 is 0 Å². The second-order valence-electron chi connectivity index (χ2n) is 11.5. The van der Waals surface area contributed by atoms with Gasteiger partial charge in [-0.25, -0.2) is 18.5 Å².